The quantitative estimate of drug-likeness (QED) is 0.392. The van der Waals surface area contributed by atoms with Crippen LogP contribution < -0.4 is 5.32 Å². The Bertz CT molecular complexity index is 885. The van der Waals surface area contributed by atoms with Crippen molar-refractivity contribution in [3.8, 4) is 0 Å². The molecule has 0 aliphatic heterocycles. The maximum Gasteiger partial charge on any atom is 0.141 e. The number of benzene rings is 2. The second kappa shape index (κ2) is 7.33. The van der Waals surface area contributed by atoms with E-state index >= 15 is 0 Å². The van der Waals surface area contributed by atoms with Gasteiger partial charge >= 0.3 is 0 Å². The van der Waals surface area contributed by atoms with E-state index in [1.54, 1.807) is 7.05 Å². The molecule has 2 aromatic carbocycles. The first kappa shape index (κ1) is 16.3. The molecule has 8 heteroatoms. The van der Waals surface area contributed by atoms with Gasteiger partial charge in [0.05, 0.1) is 11.2 Å². The Labute approximate surface area is 147 Å². The molecule has 0 atom stereocenters. The van der Waals surface area contributed by atoms with E-state index in [1.165, 1.54) is 11.3 Å². The third kappa shape index (κ3) is 3.84. The van der Waals surface area contributed by atoms with Gasteiger partial charge in [0.15, 0.2) is 0 Å². The van der Waals surface area contributed by atoms with E-state index in [4.69, 9.17) is 5.11 Å². The highest BCUT2D eigenvalue weighted by Gasteiger charge is 2.06. The number of halogens is 1. The van der Waals surface area contributed by atoms with E-state index in [0.717, 1.165) is 21.1 Å². The van der Waals surface area contributed by atoms with Crippen molar-refractivity contribution in [2.24, 2.45) is 10.3 Å². The number of aliphatic hydroxyl groups excluding tert-OH is 1. The molecule has 122 valence electrons. The predicted octanol–water partition coefficient (Wildman–Crippen LogP) is 4.02. The van der Waals surface area contributed by atoms with Crippen molar-refractivity contribution in [2.45, 2.75) is 0 Å². The number of rotatable bonds is 5. The topological polar surface area (TPSA) is 86.0 Å². The van der Waals surface area contributed by atoms with Crippen LogP contribution >= 0.6 is 15.9 Å². The summed E-state index contributed by atoms with van der Waals surface area (Å²) >= 11 is 3.45. The summed E-state index contributed by atoms with van der Waals surface area (Å²) in [4.78, 5) is 8.59. The summed E-state index contributed by atoms with van der Waals surface area (Å²) in [7, 11) is 1.63. The molecule has 0 fully saturated rings. The van der Waals surface area contributed by atoms with Crippen LogP contribution in [0.5, 0.6) is 0 Å². The van der Waals surface area contributed by atoms with Crippen LogP contribution in [0.1, 0.15) is 0 Å². The smallest absolute Gasteiger partial charge is 0.141 e. The van der Waals surface area contributed by atoms with E-state index in [9.17, 15) is 0 Å². The van der Waals surface area contributed by atoms with Crippen molar-refractivity contribution in [2.75, 3.05) is 19.1 Å². The predicted molar refractivity (Wildman–Crippen MR) is 96.3 cm³/mol. The summed E-state index contributed by atoms with van der Waals surface area (Å²) in [5.41, 5.74) is 2.36. The van der Waals surface area contributed by atoms with Crippen LogP contribution in [0.2, 0.25) is 0 Å². The van der Waals surface area contributed by atoms with Crippen molar-refractivity contribution in [1.29, 1.82) is 0 Å². The molecule has 1 heterocycles. The van der Waals surface area contributed by atoms with Crippen molar-refractivity contribution in [3.05, 3.63) is 53.3 Å². The largest absolute Gasteiger partial charge is 0.375 e. The number of hydrogen-bond acceptors (Lipinski definition) is 6. The third-order valence-corrected chi connectivity index (χ3v) is 3.72. The van der Waals surface area contributed by atoms with E-state index in [-0.39, 0.29) is 6.73 Å². The number of aliphatic hydroxyl groups is 1. The highest BCUT2D eigenvalue weighted by Crippen LogP contribution is 2.28. The Hall–Kier alpha value is -2.58. The number of nitrogens with zero attached hydrogens (tertiary/aromatic N) is 5. The van der Waals surface area contributed by atoms with E-state index in [0.29, 0.717) is 11.5 Å². The minimum Gasteiger partial charge on any atom is -0.375 e. The summed E-state index contributed by atoms with van der Waals surface area (Å²) in [6.07, 6.45) is 1.52. The lowest BCUT2D eigenvalue weighted by Gasteiger charge is -2.09. The van der Waals surface area contributed by atoms with Crippen LogP contribution in [0.15, 0.2) is 63.6 Å². The van der Waals surface area contributed by atoms with Crippen molar-refractivity contribution >= 4 is 44.0 Å². The lowest BCUT2D eigenvalue weighted by atomic mass is 10.2. The Morgan fingerprint density at radius 2 is 2.08 bits per heavy atom. The molecule has 3 aromatic rings. The number of anilines is 2. The lowest BCUT2D eigenvalue weighted by molar-refractivity contribution is 0.129. The summed E-state index contributed by atoms with van der Waals surface area (Å²) in [6, 6.07) is 13.3. The summed E-state index contributed by atoms with van der Waals surface area (Å²) in [6.45, 7) is -0.199. The number of nitrogens with one attached hydrogen (secondary N) is 1. The van der Waals surface area contributed by atoms with E-state index in [1.807, 2.05) is 42.5 Å². The zero-order valence-electron chi connectivity index (χ0n) is 12.9. The van der Waals surface area contributed by atoms with Gasteiger partial charge < -0.3 is 10.4 Å². The minimum atomic E-state index is -0.199. The van der Waals surface area contributed by atoms with Crippen LogP contribution in [0.4, 0.5) is 17.2 Å². The van der Waals surface area contributed by atoms with Gasteiger partial charge in [-0.1, -0.05) is 27.2 Å². The SMILES string of the molecule is CN(CO)N=Nc1ccc2ncnc(Nc3cccc(Br)c3)c2c1. The fraction of sp³-hybridized carbons (Fsp3) is 0.125. The van der Waals surface area contributed by atoms with Crippen molar-refractivity contribution in [3.63, 3.8) is 0 Å². The Morgan fingerprint density at radius 1 is 1.21 bits per heavy atom. The first-order chi connectivity index (χ1) is 11.7. The van der Waals surface area contributed by atoms with Gasteiger partial charge in [-0.05, 0) is 36.4 Å². The Morgan fingerprint density at radius 3 is 2.88 bits per heavy atom. The van der Waals surface area contributed by atoms with Crippen LogP contribution in [-0.4, -0.2) is 33.9 Å². The second-order valence-electron chi connectivity index (χ2n) is 5.05. The third-order valence-electron chi connectivity index (χ3n) is 3.22. The van der Waals surface area contributed by atoms with Gasteiger partial charge in [-0.2, -0.15) is 0 Å². The zero-order valence-corrected chi connectivity index (χ0v) is 14.5. The standard InChI is InChI=1S/C16H15BrN6O/c1-23(10-24)22-21-13-5-6-15-14(8-13)16(19-9-18-15)20-12-4-2-3-11(17)7-12/h2-9,24H,10H2,1H3,(H,18,19,20). The average Bonchev–Trinajstić information content (AvgIpc) is 2.60. The monoisotopic (exact) mass is 386 g/mol. The molecule has 0 saturated heterocycles. The molecule has 0 spiro atoms. The van der Waals surface area contributed by atoms with Crippen LogP contribution in [-0.2, 0) is 0 Å². The highest BCUT2D eigenvalue weighted by molar-refractivity contribution is 9.10. The molecule has 0 aliphatic rings. The first-order valence-electron chi connectivity index (χ1n) is 7.17. The summed E-state index contributed by atoms with van der Waals surface area (Å²) in [5.74, 6) is 0.686. The zero-order chi connectivity index (χ0) is 16.9. The molecule has 2 N–H and O–H groups in total. The molecule has 0 unspecified atom stereocenters. The Kier molecular flexibility index (Phi) is 4.97. The van der Waals surface area contributed by atoms with Gasteiger partial charge in [0, 0.05) is 22.6 Å². The number of aromatic nitrogens is 2. The molecule has 24 heavy (non-hydrogen) atoms. The van der Waals surface area contributed by atoms with E-state index < -0.39 is 0 Å². The molecular formula is C16H15BrN6O. The van der Waals surface area contributed by atoms with Crippen molar-refractivity contribution < 1.29 is 5.11 Å². The van der Waals surface area contributed by atoms with Gasteiger partial charge in [-0.3, -0.25) is 5.01 Å². The second-order valence-corrected chi connectivity index (χ2v) is 5.96. The fourth-order valence-corrected chi connectivity index (χ4v) is 2.46. The maximum atomic E-state index is 8.95. The molecule has 3 rings (SSSR count). The average molecular weight is 387 g/mol. The molecule has 0 saturated carbocycles. The molecule has 0 radical (unpaired) electrons. The Balaban J connectivity index is 1.97. The van der Waals surface area contributed by atoms with Gasteiger partial charge in [0.25, 0.3) is 0 Å². The van der Waals surface area contributed by atoms with Crippen molar-refractivity contribution in [1.82, 2.24) is 15.0 Å². The van der Waals surface area contributed by atoms with Crippen LogP contribution in [0.3, 0.4) is 0 Å². The fourth-order valence-electron chi connectivity index (χ4n) is 2.07. The molecule has 7 nitrogen and oxygen atoms in total. The molecule has 0 amide bonds. The van der Waals surface area contributed by atoms with Gasteiger partial charge in [-0.15, -0.1) is 5.11 Å². The van der Waals surface area contributed by atoms with Crippen LogP contribution in [0.25, 0.3) is 10.9 Å². The minimum absolute atomic E-state index is 0.199. The van der Waals surface area contributed by atoms with Gasteiger partial charge in [-0.25, -0.2) is 9.97 Å². The molecular weight excluding hydrogens is 372 g/mol. The van der Waals surface area contributed by atoms with Crippen LogP contribution in [0, 0.1) is 0 Å². The molecule has 1 aromatic heterocycles. The molecule has 0 aliphatic carbocycles. The normalized spacial score (nSPS) is 11.1. The highest BCUT2D eigenvalue weighted by atomic mass is 79.9. The lowest BCUT2D eigenvalue weighted by Crippen LogP contribution is -2.10. The van der Waals surface area contributed by atoms with E-state index in [2.05, 4.69) is 41.6 Å². The number of hydrogen-bond donors (Lipinski definition) is 2. The summed E-state index contributed by atoms with van der Waals surface area (Å²) < 4.78 is 0.979. The maximum absolute atomic E-state index is 8.95. The van der Waals surface area contributed by atoms with Gasteiger partial charge in [0.2, 0.25) is 0 Å². The molecule has 0 bridgehead atoms. The number of fused-ring (bicyclic) bond motifs is 1. The summed E-state index contributed by atoms with van der Waals surface area (Å²) in [5, 5.41) is 22.4. The first-order valence-corrected chi connectivity index (χ1v) is 7.96. The van der Waals surface area contributed by atoms with Gasteiger partial charge in [0.1, 0.15) is 18.9 Å².